The Morgan fingerprint density at radius 1 is 1.16 bits per heavy atom. The van der Waals surface area contributed by atoms with E-state index in [-0.39, 0.29) is 0 Å². The van der Waals surface area contributed by atoms with Gasteiger partial charge >= 0.3 is 0 Å². The molecule has 0 aliphatic heterocycles. The van der Waals surface area contributed by atoms with Crippen LogP contribution >= 0.6 is 15.9 Å². The van der Waals surface area contributed by atoms with Gasteiger partial charge in [0, 0.05) is 19.7 Å². The molecule has 2 aromatic heterocycles. The fourth-order valence-corrected chi connectivity index (χ4v) is 2.69. The zero-order valence-electron chi connectivity index (χ0n) is 10.6. The van der Waals surface area contributed by atoms with Gasteiger partial charge in [0.2, 0.25) is 0 Å². The molecule has 3 aromatic rings. The molecule has 0 atom stereocenters. The van der Waals surface area contributed by atoms with Gasteiger partial charge in [-0.15, -0.1) is 0 Å². The lowest BCUT2D eigenvalue weighted by Crippen LogP contribution is -1.98. The number of benzene rings is 1. The maximum atomic E-state index is 4.61. The van der Waals surface area contributed by atoms with Crippen LogP contribution in [0.4, 0.5) is 5.69 Å². The molecule has 0 fully saturated rings. The van der Waals surface area contributed by atoms with Crippen LogP contribution in [0.2, 0.25) is 0 Å². The lowest BCUT2D eigenvalue weighted by Gasteiger charge is -2.04. The quantitative estimate of drug-likeness (QED) is 0.798. The summed E-state index contributed by atoms with van der Waals surface area (Å²) >= 11 is 3.53. The van der Waals surface area contributed by atoms with Gasteiger partial charge in [-0.1, -0.05) is 30.3 Å². The number of aromatic nitrogens is 2. The number of rotatable bonds is 3. The molecule has 2 heterocycles. The zero-order chi connectivity index (χ0) is 13.2. The summed E-state index contributed by atoms with van der Waals surface area (Å²) in [5, 5.41) is 3.16. The number of fused-ring (bicyclic) bond motifs is 1. The van der Waals surface area contributed by atoms with Crippen molar-refractivity contribution < 1.29 is 0 Å². The van der Waals surface area contributed by atoms with Gasteiger partial charge in [0.25, 0.3) is 0 Å². The van der Waals surface area contributed by atoms with Crippen LogP contribution in [0, 0.1) is 0 Å². The summed E-state index contributed by atoms with van der Waals surface area (Å²) in [6, 6.07) is 14.5. The van der Waals surface area contributed by atoms with Crippen molar-refractivity contribution in [2.75, 3.05) is 12.4 Å². The molecular formula is C15H14BrN3. The second-order valence-corrected chi connectivity index (χ2v) is 5.16. The Bertz CT molecular complexity index is 704. The Morgan fingerprint density at radius 3 is 2.68 bits per heavy atom. The summed E-state index contributed by atoms with van der Waals surface area (Å²) in [7, 11) is 1.92. The van der Waals surface area contributed by atoms with Crippen LogP contribution in [0.25, 0.3) is 5.52 Å². The molecule has 0 amide bonds. The van der Waals surface area contributed by atoms with E-state index < -0.39 is 0 Å². The topological polar surface area (TPSA) is 29.3 Å². The van der Waals surface area contributed by atoms with E-state index >= 15 is 0 Å². The zero-order valence-corrected chi connectivity index (χ0v) is 12.2. The SMILES string of the molecule is CNc1ccc2c(Br)nc(Cc3ccccc3)n2c1. The van der Waals surface area contributed by atoms with E-state index in [0.29, 0.717) is 0 Å². The third kappa shape index (κ3) is 2.36. The summed E-state index contributed by atoms with van der Waals surface area (Å²) in [5.74, 6) is 1.03. The van der Waals surface area contributed by atoms with Crippen LogP contribution in [-0.2, 0) is 6.42 Å². The number of hydrogen-bond acceptors (Lipinski definition) is 2. The fourth-order valence-electron chi connectivity index (χ4n) is 2.16. The van der Waals surface area contributed by atoms with Crippen molar-refractivity contribution in [3.63, 3.8) is 0 Å². The highest BCUT2D eigenvalue weighted by molar-refractivity contribution is 9.10. The van der Waals surface area contributed by atoms with E-state index in [1.807, 2.05) is 19.2 Å². The average Bonchev–Trinajstić information content (AvgIpc) is 2.76. The highest BCUT2D eigenvalue weighted by Crippen LogP contribution is 2.22. The van der Waals surface area contributed by atoms with Gasteiger partial charge in [-0.05, 0) is 33.6 Å². The Kier molecular flexibility index (Phi) is 3.25. The third-order valence-corrected chi connectivity index (χ3v) is 3.74. The molecule has 0 aliphatic carbocycles. The largest absolute Gasteiger partial charge is 0.387 e. The lowest BCUT2D eigenvalue weighted by atomic mass is 10.1. The number of hydrogen-bond donors (Lipinski definition) is 1. The van der Waals surface area contributed by atoms with E-state index in [1.165, 1.54) is 5.56 Å². The van der Waals surface area contributed by atoms with Crippen molar-refractivity contribution in [3.05, 3.63) is 64.7 Å². The van der Waals surface area contributed by atoms with Gasteiger partial charge in [0.05, 0.1) is 11.2 Å². The standard InChI is InChI=1S/C15H14BrN3/c1-17-12-7-8-13-15(16)18-14(19(13)10-12)9-11-5-3-2-4-6-11/h2-8,10,17H,9H2,1H3. The first-order chi connectivity index (χ1) is 9.28. The normalized spacial score (nSPS) is 10.8. The number of nitrogens with one attached hydrogen (secondary N) is 1. The smallest absolute Gasteiger partial charge is 0.132 e. The van der Waals surface area contributed by atoms with E-state index in [0.717, 1.165) is 28.1 Å². The molecule has 0 spiro atoms. The van der Waals surface area contributed by atoms with E-state index in [4.69, 9.17) is 0 Å². The van der Waals surface area contributed by atoms with Gasteiger partial charge in [0.1, 0.15) is 10.4 Å². The Morgan fingerprint density at radius 2 is 1.95 bits per heavy atom. The van der Waals surface area contributed by atoms with Gasteiger partial charge in [-0.25, -0.2) is 4.98 Å². The average molecular weight is 316 g/mol. The van der Waals surface area contributed by atoms with Crippen LogP contribution in [0.1, 0.15) is 11.4 Å². The van der Waals surface area contributed by atoms with Gasteiger partial charge in [0.15, 0.2) is 0 Å². The summed E-state index contributed by atoms with van der Waals surface area (Å²) in [5.41, 5.74) is 3.42. The monoisotopic (exact) mass is 315 g/mol. The Labute approximate surface area is 120 Å². The van der Waals surface area contributed by atoms with Gasteiger partial charge in [-0.2, -0.15) is 0 Å². The molecule has 0 aliphatic rings. The number of anilines is 1. The minimum atomic E-state index is 0.820. The lowest BCUT2D eigenvalue weighted by molar-refractivity contribution is 0.959. The molecular weight excluding hydrogens is 302 g/mol. The maximum Gasteiger partial charge on any atom is 0.132 e. The molecule has 0 saturated heterocycles. The van der Waals surface area contributed by atoms with Crippen LogP contribution in [0.5, 0.6) is 0 Å². The first kappa shape index (κ1) is 12.2. The molecule has 0 radical (unpaired) electrons. The number of pyridine rings is 1. The molecule has 1 N–H and O–H groups in total. The number of imidazole rings is 1. The highest BCUT2D eigenvalue weighted by Gasteiger charge is 2.09. The van der Waals surface area contributed by atoms with E-state index in [9.17, 15) is 0 Å². The fraction of sp³-hybridized carbons (Fsp3) is 0.133. The second-order valence-electron chi connectivity index (χ2n) is 4.40. The van der Waals surface area contributed by atoms with Crippen LogP contribution in [-0.4, -0.2) is 16.4 Å². The molecule has 0 bridgehead atoms. The summed E-state index contributed by atoms with van der Waals surface area (Å²) < 4.78 is 3.02. The minimum absolute atomic E-state index is 0.820. The van der Waals surface area contributed by atoms with Gasteiger partial charge < -0.3 is 9.72 Å². The Balaban J connectivity index is 2.08. The van der Waals surface area contributed by atoms with Crippen molar-refractivity contribution in [3.8, 4) is 0 Å². The van der Waals surface area contributed by atoms with Crippen LogP contribution in [0.15, 0.2) is 53.3 Å². The predicted octanol–water partition coefficient (Wildman–Crippen LogP) is 3.73. The summed E-state index contributed by atoms with van der Waals surface area (Å²) in [6.07, 6.45) is 2.89. The summed E-state index contributed by atoms with van der Waals surface area (Å²) in [6.45, 7) is 0. The molecule has 1 aromatic carbocycles. The molecule has 4 heteroatoms. The van der Waals surface area contributed by atoms with E-state index in [2.05, 4.69) is 67.2 Å². The summed E-state index contributed by atoms with van der Waals surface area (Å²) in [4.78, 5) is 4.61. The van der Waals surface area contributed by atoms with Crippen molar-refractivity contribution in [2.45, 2.75) is 6.42 Å². The molecule has 3 rings (SSSR count). The van der Waals surface area contributed by atoms with Crippen molar-refractivity contribution in [1.29, 1.82) is 0 Å². The first-order valence-corrected chi connectivity index (χ1v) is 6.95. The predicted molar refractivity (Wildman–Crippen MR) is 81.7 cm³/mol. The van der Waals surface area contributed by atoms with E-state index in [1.54, 1.807) is 0 Å². The van der Waals surface area contributed by atoms with Crippen molar-refractivity contribution in [1.82, 2.24) is 9.38 Å². The number of halogens is 1. The molecule has 0 saturated carbocycles. The molecule has 0 unspecified atom stereocenters. The van der Waals surface area contributed by atoms with Crippen molar-refractivity contribution in [2.24, 2.45) is 0 Å². The minimum Gasteiger partial charge on any atom is -0.387 e. The van der Waals surface area contributed by atoms with Gasteiger partial charge in [-0.3, -0.25) is 0 Å². The second kappa shape index (κ2) is 5.05. The van der Waals surface area contributed by atoms with Crippen LogP contribution in [0.3, 0.4) is 0 Å². The first-order valence-electron chi connectivity index (χ1n) is 6.16. The molecule has 19 heavy (non-hydrogen) atoms. The molecule has 3 nitrogen and oxygen atoms in total. The Hall–Kier alpha value is -1.81. The maximum absolute atomic E-state index is 4.61. The van der Waals surface area contributed by atoms with Crippen molar-refractivity contribution >= 4 is 27.1 Å². The third-order valence-electron chi connectivity index (χ3n) is 3.16. The molecule has 96 valence electrons. The van der Waals surface area contributed by atoms with Crippen LogP contribution < -0.4 is 5.32 Å². The highest BCUT2D eigenvalue weighted by atomic mass is 79.9. The number of nitrogens with zero attached hydrogens (tertiary/aromatic N) is 2.